The Morgan fingerprint density at radius 2 is 1.86 bits per heavy atom. The summed E-state index contributed by atoms with van der Waals surface area (Å²) in [6, 6.07) is 8.05. The van der Waals surface area contributed by atoms with Crippen LogP contribution in [-0.2, 0) is 14.8 Å². The van der Waals surface area contributed by atoms with Gasteiger partial charge in [0.1, 0.15) is 0 Å². The van der Waals surface area contributed by atoms with Crippen molar-refractivity contribution < 1.29 is 22.0 Å². The molecular formula is C20H24F2N2O3S2. The lowest BCUT2D eigenvalue weighted by Gasteiger charge is -2.13. The Balaban J connectivity index is 1.90. The lowest BCUT2D eigenvalue weighted by molar-refractivity contribution is -0.116. The highest BCUT2D eigenvalue weighted by Gasteiger charge is 2.17. The van der Waals surface area contributed by atoms with Gasteiger partial charge < -0.3 is 5.32 Å². The van der Waals surface area contributed by atoms with Crippen LogP contribution in [0.2, 0.25) is 0 Å². The van der Waals surface area contributed by atoms with E-state index < -0.39 is 26.6 Å². The summed E-state index contributed by atoms with van der Waals surface area (Å²) in [6.45, 7) is 5.99. The summed E-state index contributed by atoms with van der Waals surface area (Å²) < 4.78 is 52.6. The summed E-state index contributed by atoms with van der Waals surface area (Å²) >= 11 is 1.76. The first kappa shape index (κ1) is 23.3. The van der Waals surface area contributed by atoms with Gasteiger partial charge in [0, 0.05) is 28.8 Å². The Morgan fingerprint density at radius 3 is 2.48 bits per heavy atom. The van der Waals surface area contributed by atoms with E-state index in [1.54, 1.807) is 11.8 Å². The number of nitrogens with one attached hydrogen (secondary N) is 2. The van der Waals surface area contributed by atoms with Gasteiger partial charge in [-0.25, -0.2) is 21.9 Å². The molecule has 5 nitrogen and oxygen atoms in total. The van der Waals surface area contributed by atoms with Crippen LogP contribution >= 0.6 is 11.8 Å². The Labute approximate surface area is 174 Å². The van der Waals surface area contributed by atoms with Crippen molar-refractivity contribution in [3.05, 3.63) is 53.6 Å². The van der Waals surface area contributed by atoms with Gasteiger partial charge in [0.05, 0.1) is 4.90 Å². The Kier molecular flexibility index (Phi) is 8.18. The molecule has 0 saturated heterocycles. The Morgan fingerprint density at radius 1 is 1.14 bits per heavy atom. The molecule has 1 unspecified atom stereocenters. The van der Waals surface area contributed by atoms with Crippen LogP contribution in [0.4, 0.5) is 14.5 Å². The summed E-state index contributed by atoms with van der Waals surface area (Å²) in [5.74, 6) is -2.74. The van der Waals surface area contributed by atoms with E-state index in [1.165, 1.54) is 0 Å². The van der Waals surface area contributed by atoms with Gasteiger partial charge in [-0.15, -0.1) is 11.8 Å². The fourth-order valence-electron chi connectivity index (χ4n) is 2.40. The van der Waals surface area contributed by atoms with Crippen molar-refractivity contribution in [2.24, 2.45) is 0 Å². The minimum atomic E-state index is -4.04. The molecule has 0 aromatic heterocycles. The fraction of sp³-hybridized carbons (Fsp3) is 0.350. The largest absolute Gasteiger partial charge is 0.326 e. The highest BCUT2D eigenvalue weighted by Crippen LogP contribution is 2.28. The average molecular weight is 443 g/mol. The molecule has 0 aliphatic rings. The van der Waals surface area contributed by atoms with Gasteiger partial charge in [0.2, 0.25) is 15.9 Å². The van der Waals surface area contributed by atoms with E-state index in [-0.39, 0.29) is 18.9 Å². The van der Waals surface area contributed by atoms with Crippen LogP contribution < -0.4 is 10.0 Å². The highest BCUT2D eigenvalue weighted by atomic mass is 32.2. The molecule has 2 rings (SSSR count). The minimum Gasteiger partial charge on any atom is -0.326 e. The highest BCUT2D eigenvalue weighted by molar-refractivity contribution is 7.99. The van der Waals surface area contributed by atoms with Gasteiger partial charge in [-0.05, 0) is 55.3 Å². The number of thioether (sulfide) groups is 1. The lowest BCUT2D eigenvalue weighted by atomic mass is 10.2. The maximum absolute atomic E-state index is 13.2. The van der Waals surface area contributed by atoms with Gasteiger partial charge >= 0.3 is 0 Å². The summed E-state index contributed by atoms with van der Waals surface area (Å²) in [4.78, 5) is 12.9. The van der Waals surface area contributed by atoms with E-state index in [0.29, 0.717) is 17.0 Å². The number of carbonyl (C=O) groups is 1. The summed E-state index contributed by atoms with van der Waals surface area (Å²) in [5, 5.41) is 3.25. The third-order valence-electron chi connectivity index (χ3n) is 4.23. The molecule has 1 amide bonds. The second-order valence-corrected chi connectivity index (χ2v) is 9.86. The predicted octanol–water partition coefficient (Wildman–Crippen LogP) is 4.47. The number of rotatable bonds is 9. The number of sulfonamides is 1. The molecule has 2 N–H and O–H groups in total. The van der Waals surface area contributed by atoms with Crippen molar-refractivity contribution >= 4 is 33.4 Å². The first-order valence-electron chi connectivity index (χ1n) is 9.14. The smallest absolute Gasteiger partial charge is 0.240 e. The van der Waals surface area contributed by atoms with Crippen LogP contribution in [0.1, 0.15) is 32.3 Å². The maximum atomic E-state index is 13.2. The molecule has 0 aliphatic heterocycles. The lowest BCUT2D eigenvalue weighted by Crippen LogP contribution is -2.28. The van der Waals surface area contributed by atoms with Crippen molar-refractivity contribution in [3.8, 4) is 0 Å². The number of aryl methyl sites for hydroxylation is 1. The Bertz CT molecular complexity index is 982. The molecule has 0 fully saturated rings. The second-order valence-electron chi connectivity index (χ2n) is 6.59. The third-order valence-corrected chi connectivity index (χ3v) is 6.95. The van der Waals surface area contributed by atoms with Crippen molar-refractivity contribution in [2.45, 2.75) is 48.7 Å². The number of hydrogen-bond acceptors (Lipinski definition) is 4. The van der Waals surface area contributed by atoms with Crippen LogP contribution in [0.5, 0.6) is 0 Å². The number of benzene rings is 2. The van der Waals surface area contributed by atoms with Crippen molar-refractivity contribution in [1.29, 1.82) is 0 Å². The van der Waals surface area contributed by atoms with Gasteiger partial charge in [-0.3, -0.25) is 4.79 Å². The van der Waals surface area contributed by atoms with Crippen molar-refractivity contribution in [2.75, 3.05) is 11.9 Å². The zero-order chi connectivity index (χ0) is 21.6. The molecular weight excluding hydrogens is 418 g/mol. The average Bonchev–Trinajstić information content (AvgIpc) is 2.65. The van der Waals surface area contributed by atoms with E-state index in [1.807, 2.05) is 25.1 Å². The first-order valence-corrected chi connectivity index (χ1v) is 11.5. The normalized spacial score (nSPS) is 12.6. The quantitative estimate of drug-likeness (QED) is 0.562. The molecule has 158 valence electrons. The Hall–Kier alpha value is -1.97. The monoisotopic (exact) mass is 442 g/mol. The van der Waals surface area contributed by atoms with Crippen molar-refractivity contribution in [3.63, 3.8) is 0 Å². The molecule has 2 aromatic rings. The summed E-state index contributed by atoms with van der Waals surface area (Å²) in [6.07, 6.45) is 0.953. The molecule has 0 bridgehead atoms. The standard InChI is InChI=1S/C20H24F2N2O3S2/c1-4-14(3)28-15-5-8-19(13(2)11-15)24-20(25)9-10-23-29(26,27)16-6-7-17(21)18(22)12-16/h5-8,11-12,14,23H,4,9-10H2,1-3H3,(H,24,25). The predicted molar refractivity (Wildman–Crippen MR) is 112 cm³/mol. The van der Waals surface area contributed by atoms with Crippen LogP contribution in [0.25, 0.3) is 0 Å². The fourth-order valence-corrected chi connectivity index (χ4v) is 4.47. The van der Waals surface area contributed by atoms with Crippen LogP contribution in [0.15, 0.2) is 46.2 Å². The SMILES string of the molecule is CCC(C)Sc1ccc(NC(=O)CCNS(=O)(=O)c2ccc(F)c(F)c2)c(C)c1. The number of carbonyl (C=O) groups excluding carboxylic acids is 1. The maximum Gasteiger partial charge on any atom is 0.240 e. The van der Waals surface area contributed by atoms with E-state index in [4.69, 9.17) is 0 Å². The van der Waals surface area contributed by atoms with E-state index in [2.05, 4.69) is 23.9 Å². The topological polar surface area (TPSA) is 75.3 Å². The van der Waals surface area contributed by atoms with Gasteiger partial charge in [-0.1, -0.05) is 13.8 Å². The molecule has 0 saturated carbocycles. The molecule has 2 aromatic carbocycles. The molecule has 0 radical (unpaired) electrons. The number of anilines is 1. The molecule has 29 heavy (non-hydrogen) atoms. The zero-order valence-corrected chi connectivity index (χ0v) is 18.1. The molecule has 1 atom stereocenters. The molecule has 0 heterocycles. The molecule has 9 heteroatoms. The molecule has 0 spiro atoms. The number of amides is 1. The van der Waals surface area contributed by atoms with Crippen LogP contribution in [-0.4, -0.2) is 26.1 Å². The van der Waals surface area contributed by atoms with Gasteiger partial charge in [0.15, 0.2) is 11.6 Å². The van der Waals surface area contributed by atoms with Crippen LogP contribution in [0, 0.1) is 18.6 Å². The summed E-state index contributed by atoms with van der Waals surface area (Å²) in [5.41, 5.74) is 1.57. The zero-order valence-electron chi connectivity index (χ0n) is 16.5. The summed E-state index contributed by atoms with van der Waals surface area (Å²) in [7, 11) is -4.04. The van der Waals surface area contributed by atoms with E-state index in [9.17, 15) is 22.0 Å². The van der Waals surface area contributed by atoms with Crippen molar-refractivity contribution in [1.82, 2.24) is 4.72 Å². The number of hydrogen-bond donors (Lipinski definition) is 2. The second kappa shape index (κ2) is 10.2. The number of halogens is 2. The minimum absolute atomic E-state index is 0.105. The first-order chi connectivity index (χ1) is 13.6. The molecule has 0 aliphatic carbocycles. The third kappa shape index (κ3) is 6.80. The van der Waals surface area contributed by atoms with Crippen LogP contribution in [0.3, 0.4) is 0 Å². The van der Waals surface area contributed by atoms with Gasteiger partial charge in [-0.2, -0.15) is 0 Å². The van der Waals surface area contributed by atoms with E-state index >= 15 is 0 Å². The van der Waals surface area contributed by atoms with Gasteiger partial charge in [0.25, 0.3) is 0 Å². The van der Waals surface area contributed by atoms with E-state index in [0.717, 1.165) is 29.0 Å².